The average Bonchev–Trinajstić information content (AvgIpc) is 2.02. The third-order valence-corrected chi connectivity index (χ3v) is 3.85. The molecular formula is C8H5Br4Cl. The summed E-state index contributed by atoms with van der Waals surface area (Å²) in [6.07, 6.45) is 0. The smallest absolute Gasteiger partial charge is 0.0876 e. The molecule has 1 aromatic carbocycles. The predicted molar refractivity (Wildman–Crippen MR) is 72.5 cm³/mol. The van der Waals surface area contributed by atoms with E-state index < -0.39 is 0 Å². The van der Waals surface area contributed by atoms with Gasteiger partial charge in [-0.25, -0.2) is 0 Å². The van der Waals surface area contributed by atoms with Crippen molar-refractivity contribution >= 4 is 75.3 Å². The number of hydrogen-bond acceptors (Lipinski definition) is 0. The fourth-order valence-electron chi connectivity index (χ4n) is 0.832. The summed E-state index contributed by atoms with van der Waals surface area (Å²) < 4.78 is -0.387. The first-order valence-corrected chi connectivity index (χ1v) is 7.24. The highest BCUT2D eigenvalue weighted by molar-refractivity contribution is 9.38. The third kappa shape index (κ3) is 3.49. The molecule has 0 aliphatic rings. The van der Waals surface area contributed by atoms with E-state index in [-0.39, 0.29) is 2.14 Å². The fraction of sp³-hybridized carbons (Fsp3) is 0.250. The molecule has 0 atom stereocenters. The molecule has 0 aliphatic carbocycles. The van der Waals surface area contributed by atoms with E-state index in [1.807, 2.05) is 18.2 Å². The topological polar surface area (TPSA) is 0 Å². The van der Waals surface area contributed by atoms with Gasteiger partial charge in [0.2, 0.25) is 0 Å². The average molecular weight is 456 g/mol. The molecule has 0 amide bonds. The second-order valence-corrected chi connectivity index (χ2v) is 10.2. The van der Waals surface area contributed by atoms with Gasteiger partial charge in [0.05, 0.1) is 0 Å². The van der Waals surface area contributed by atoms with Gasteiger partial charge in [-0.3, -0.25) is 0 Å². The number of halogens is 5. The van der Waals surface area contributed by atoms with E-state index in [0.717, 1.165) is 21.5 Å². The lowest BCUT2D eigenvalue weighted by atomic mass is 10.2. The molecule has 0 unspecified atom stereocenters. The molecule has 0 aliphatic heterocycles. The molecule has 0 spiro atoms. The van der Waals surface area contributed by atoms with E-state index in [4.69, 9.17) is 11.6 Å². The SMILES string of the molecule is Clc1cc(C(Br)(Br)Br)ccc1CBr. The summed E-state index contributed by atoms with van der Waals surface area (Å²) in [5, 5.41) is 1.53. The zero-order valence-electron chi connectivity index (χ0n) is 6.33. The van der Waals surface area contributed by atoms with Gasteiger partial charge < -0.3 is 0 Å². The van der Waals surface area contributed by atoms with E-state index in [1.54, 1.807) is 0 Å². The van der Waals surface area contributed by atoms with Gasteiger partial charge >= 0.3 is 0 Å². The molecule has 0 saturated carbocycles. The van der Waals surface area contributed by atoms with Gasteiger partial charge in [-0.1, -0.05) is 87.5 Å². The normalized spacial score (nSPS) is 11.8. The van der Waals surface area contributed by atoms with Crippen molar-refractivity contribution in [1.29, 1.82) is 0 Å². The minimum absolute atomic E-state index is 0.387. The van der Waals surface area contributed by atoms with Crippen LogP contribution in [0.25, 0.3) is 0 Å². The third-order valence-electron chi connectivity index (χ3n) is 1.52. The fourth-order valence-corrected chi connectivity index (χ4v) is 2.47. The van der Waals surface area contributed by atoms with Crippen molar-refractivity contribution in [2.75, 3.05) is 0 Å². The molecule has 72 valence electrons. The highest BCUT2D eigenvalue weighted by atomic mass is 80.0. The Morgan fingerprint density at radius 1 is 1.23 bits per heavy atom. The molecule has 5 heteroatoms. The van der Waals surface area contributed by atoms with Crippen LogP contribution in [0.2, 0.25) is 5.02 Å². The molecule has 0 aromatic heterocycles. The summed E-state index contributed by atoms with van der Waals surface area (Å²) in [6, 6.07) is 5.90. The molecule has 0 radical (unpaired) electrons. The molecule has 0 N–H and O–H groups in total. The Hall–Kier alpha value is 1.43. The van der Waals surface area contributed by atoms with Crippen LogP contribution in [0.1, 0.15) is 11.1 Å². The standard InChI is InChI=1S/C8H5Br4Cl/c9-4-5-1-2-6(3-7(5)13)8(10,11)12/h1-3H,4H2. The Morgan fingerprint density at radius 3 is 2.23 bits per heavy atom. The van der Waals surface area contributed by atoms with Gasteiger partial charge in [0.15, 0.2) is 2.14 Å². The number of hydrogen-bond donors (Lipinski definition) is 0. The van der Waals surface area contributed by atoms with Crippen molar-refractivity contribution in [2.24, 2.45) is 0 Å². The van der Waals surface area contributed by atoms with Gasteiger partial charge in [-0.05, 0) is 17.2 Å². The van der Waals surface area contributed by atoms with Gasteiger partial charge in [-0.2, -0.15) is 0 Å². The van der Waals surface area contributed by atoms with E-state index in [2.05, 4.69) is 63.7 Å². The first-order chi connectivity index (χ1) is 5.95. The van der Waals surface area contributed by atoms with Crippen molar-refractivity contribution in [2.45, 2.75) is 7.47 Å². The van der Waals surface area contributed by atoms with Crippen LogP contribution in [0.5, 0.6) is 0 Å². The van der Waals surface area contributed by atoms with Crippen LogP contribution in [0.3, 0.4) is 0 Å². The maximum absolute atomic E-state index is 6.04. The van der Waals surface area contributed by atoms with Gasteiger partial charge in [0, 0.05) is 10.4 Å². The van der Waals surface area contributed by atoms with Crippen molar-refractivity contribution in [1.82, 2.24) is 0 Å². The quantitative estimate of drug-likeness (QED) is 0.488. The summed E-state index contributed by atoms with van der Waals surface area (Å²) in [5.41, 5.74) is 2.12. The van der Waals surface area contributed by atoms with Crippen molar-refractivity contribution in [3.05, 3.63) is 34.3 Å². The second-order valence-electron chi connectivity index (χ2n) is 2.44. The molecule has 0 saturated heterocycles. The predicted octanol–water partition coefficient (Wildman–Crippen LogP) is 5.53. The summed E-state index contributed by atoms with van der Waals surface area (Å²) in [6.45, 7) is 0. The highest BCUT2D eigenvalue weighted by Crippen LogP contribution is 2.45. The Morgan fingerprint density at radius 2 is 1.85 bits per heavy atom. The largest absolute Gasteiger partial charge is 0.159 e. The van der Waals surface area contributed by atoms with E-state index in [0.29, 0.717) is 0 Å². The molecule has 1 aromatic rings. The molecule has 0 fully saturated rings. The molecule has 0 nitrogen and oxygen atoms in total. The number of alkyl halides is 4. The zero-order chi connectivity index (χ0) is 10.1. The van der Waals surface area contributed by atoms with Gasteiger partial charge in [0.1, 0.15) is 0 Å². The lowest BCUT2D eigenvalue weighted by Crippen LogP contribution is -1.97. The maximum Gasteiger partial charge on any atom is 0.159 e. The van der Waals surface area contributed by atoms with Crippen LogP contribution in [0, 0.1) is 0 Å². The van der Waals surface area contributed by atoms with Crippen LogP contribution < -0.4 is 0 Å². The highest BCUT2D eigenvalue weighted by Gasteiger charge is 2.21. The number of benzene rings is 1. The van der Waals surface area contributed by atoms with Crippen LogP contribution in [-0.2, 0) is 7.47 Å². The minimum atomic E-state index is -0.387. The molecule has 13 heavy (non-hydrogen) atoms. The zero-order valence-corrected chi connectivity index (χ0v) is 13.4. The molecule has 0 bridgehead atoms. The monoisotopic (exact) mass is 452 g/mol. The van der Waals surface area contributed by atoms with Crippen LogP contribution in [-0.4, -0.2) is 0 Å². The maximum atomic E-state index is 6.04. The van der Waals surface area contributed by atoms with Crippen molar-refractivity contribution in [3.8, 4) is 0 Å². The molecule has 0 heterocycles. The van der Waals surface area contributed by atoms with E-state index >= 15 is 0 Å². The minimum Gasteiger partial charge on any atom is -0.0876 e. The Labute approximate surface area is 116 Å². The lowest BCUT2D eigenvalue weighted by Gasteiger charge is -2.13. The van der Waals surface area contributed by atoms with Crippen LogP contribution in [0.4, 0.5) is 0 Å². The Kier molecular flexibility index (Phi) is 4.78. The second kappa shape index (κ2) is 4.97. The summed E-state index contributed by atoms with van der Waals surface area (Å²) in [4.78, 5) is 0. The lowest BCUT2D eigenvalue weighted by molar-refractivity contribution is 1.32. The Balaban J connectivity index is 3.10. The van der Waals surface area contributed by atoms with Crippen molar-refractivity contribution < 1.29 is 0 Å². The summed E-state index contributed by atoms with van der Waals surface area (Å²) in [5.74, 6) is 0. The molecular weight excluding hydrogens is 451 g/mol. The van der Waals surface area contributed by atoms with Gasteiger partial charge in [0.25, 0.3) is 0 Å². The Bertz CT molecular complexity index is 306. The first kappa shape index (κ1) is 12.5. The number of rotatable bonds is 1. The van der Waals surface area contributed by atoms with Crippen molar-refractivity contribution in [3.63, 3.8) is 0 Å². The van der Waals surface area contributed by atoms with E-state index in [9.17, 15) is 0 Å². The van der Waals surface area contributed by atoms with Crippen LogP contribution >= 0.6 is 75.3 Å². The first-order valence-electron chi connectivity index (χ1n) is 3.36. The van der Waals surface area contributed by atoms with Crippen LogP contribution in [0.15, 0.2) is 18.2 Å². The summed E-state index contributed by atoms with van der Waals surface area (Å²) in [7, 11) is 0. The van der Waals surface area contributed by atoms with Gasteiger partial charge in [-0.15, -0.1) is 0 Å². The van der Waals surface area contributed by atoms with E-state index in [1.165, 1.54) is 0 Å². The molecule has 1 rings (SSSR count). The summed E-state index contributed by atoms with van der Waals surface area (Å²) >= 11 is 19.7.